The number of anilines is 1. The Morgan fingerprint density at radius 3 is 2.10 bits per heavy atom. The van der Waals surface area contributed by atoms with E-state index in [1.54, 1.807) is 6.07 Å². The number of nitro benzene ring substituents is 1. The van der Waals surface area contributed by atoms with Gasteiger partial charge in [-0.25, -0.2) is 0 Å². The first kappa shape index (κ1) is 21.3. The predicted octanol–water partition coefficient (Wildman–Crippen LogP) is 3.51. The Bertz CT molecular complexity index is 359. The summed E-state index contributed by atoms with van der Waals surface area (Å²) < 4.78 is 0. The Kier molecular flexibility index (Phi) is 15.3. The molecule has 1 rings (SSSR count). The van der Waals surface area contributed by atoms with Gasteiger partial charge in [-0.2, -0.15) is 0 Å². The monoisotopic (exact) mass is 324 g/mol. The standard InChI is InChI=1S/C10H12Cl2N2O2.C2H6.CH4O/c11-4-6-13(7-5-12)9-2-1-3-10(8-9)14(15)16;2*1-2/h1-3,8H,4-7H2;1-2H3;2H,1H3. The van der Waals surface area contributed by atoms with Gasteiger partial charge in [-0.1, -0.05) is 19.9 Å². The summed E-state index contributed by atoms with van der Waals surface area (Å²) in [5.41, 5.74) is 0.849. The minimum Gasteiger partial charge on any atom is -0.400 e. The summed E-state index contributed by atoms with van der Waals surface area (Å²) in [4.78, 5) is 12.1. The van der Waals surface area contributed by atoms with Crippen LogP contribution >= 0.6 is 23.2 Å². The van der Waals surface area contributed by atoms with E-state index in [0.29, 0.717) is 24.8 Å². The highest BCUT2D eigenvalue weighted by Crippen LogP contribution is 2.20. The highest BCUT2D eigenvalue weighted by molar-refractivity contribution is 6.18. The van der Waals surface area contributed by atoms with Gasteiger partial charge in [0.05, 0.1) is 4.92 Å². The number of hydrogen-bond donors (Lipinski definition) is 1. The molecule has 0 unspecified atom stereocenters. The molecule has 0 aliphatic heterocycles. The van der Waals surface area contributed by atoms with Gasteiger partial charge in [0.2, 0.25) is 0 Å². The van der Waals surface area contributed by atoms with Crippen molar-refractivity contribution in [2.24, 2.45) is 0 Å². The van der Waals surface area contributed by atoms with Gasteiger partial charge in [-0.15, -0.1) is 23.2 Å². The molecule has 116 valence electrons. The quantitative estimate of drug-likeness (QED) is 0.494. The fourth-order valence-electron chi connectivity index (χ4n) is 1.38. The van der Waals surface area contributed by atoms with Gasteiger partial charge < -0.3 is 10.0 Å². The molecule has 0 heterocycles. The van der Waals surface area contributed by atoms with Crippen molar-refractivity contribution in [1.29, 1.82) is 0 Å². The van der Waals surface area contributed by atoms with Crippen molar-refractivity contribution in [3.63, 3.8) is 0 Å². The van der Waals surface area contributed by atoms with Gasteiger partial charge in [0, 0.05) is 49.8 Å². The first-order valence-electron chi connectivity index (χ1n) is 6.25. The van der Waals surface area contributed by atoms with Gasteiger partial charge >= 0.3 is 0 Å². The minimum atomic E-state index is -0.414. The molecule has 1 aromatic rings. The topological polar surface area (TPSA) is 66.6 Å². The molecule has 1 N–H and O–H groups in total. The van der Waals surface area contributed by atoms with Crippen molar-refractivity contribution in [1.82, 2.24) is 0 Å². The first-order valence-corrected chi connectivity index (χ1v) is 7.32. The fraction of sp³-hybridized carbons (Fsp3) is 0.538. The molecule has 20 heavy (non-hydrogen) atoms. The van der Waals surface area contributed by atoms with E-state index < -0.39 is 4.92 Å². The van der Waals surface area contributed by atoms with E-state index in [2.05, 4.69) is 0 Å². The van der Waals surface area contributed by atoms with Crippen LogP contribution < -0.4 is 4.90 Å². The van der Waals surface area contributed by atoms with Gasteiger partial charge in [0.15, 0.2) is 0 Å². The summed E-state index contributed by atoms with van der Waals surface area (Å²) in [6.07, 6.45) is 0. The number of rotatable bonds is 6. The van der Waals surface area contributed by atoms with E-state index in [-0.39, 0.29) is 5.69 Å². The van der Waals surface area contributed by atoms with Crippen LogP contribution in [0.4, 0.5) is 11.4 Å². The van der Waals surface area contributed by atoms with Crippen LogP contribution in [0.25, 0.3) is 0 Å². The average Bonchev–Trinajstić information content (AvgIpc) is 2.51. The van der Waals surface area contributed by atoms with E-state index in [1.807, 2.05) is 24.8 Å². The number of nitro groups is 1. The minimum absolute atomic E-state index is 0.0756. The second-order valence-electron chi connectivity index (χ2n) is 3.14. The second kappa shape index (κ2) is 14.4. The number of nitrogens with zero attached hydrogens (tertiary/aromatic N) is 2. The molecule has 0 saturated heterocycles. The zero-order chi connectivity index (χ0) is 16.0. The van der Waals surface area contributed by atoms with Crippen molar-refractivity contribution in [2.45, 2.75) is 13.8 Å². The summed E-state index contributed by atoms with van der Waals surface area (Å²) in [5, 5.41) is 17.6. The number of hydrogen-bond acceptors (Lipinski definition) is 4. The van der Waals surface area contributed by atoms with Crippen LogP contribution in [0, 0.1) is 10.1 Å². The third-order valence-electron chi connectivity index (χ3n) is 2.11. The average molecular weight is 325 g/mol. The van der Waals surface area contributed by atoms with Crippen LogP contribution in [0.3, 0.4) is 0 Å². The number of aliphatic hydroxyl groups excluding tert-OH is 1. The summed E-state index contributed by atoms with van der Waals surface area (Å²) in [6, 6.07) is 6.46. The van der Waals surface area contributed by atoms with E-state index in [9.17, 15) is 10.1 Å². The predicted molar refractivity (Wildman–Crippen MR) is 86.2 cm³/mol. The molecular weight excluding hydrogens is 303 g/mol. The normalized spacial score (nSPS) is 8.70. The van der Waals surface area contributed by atoms with Crippen LogP contribution in [0.1, 0.15) is 13.8 Å². The highest BCUT2D eigenvalue weighted by atomic mass is 35.5. The van der Waals surface area contributed by atoms with Crippen LogP contribution in [0.15, 0.2) is 24.3 Å². The van der Waals surface area contributed by atoms with E-state index in [4.69, 9.17) is 28.3 Å². The van der Waals surface area contributed by atoms with Gasteiger partial charge in [0.25, 0.3) is 5.69 Å². The van der Waals surface area contributed by atoms with Crippen molar-refractivity contribution in [2.75, 3.05) is 36.9 Å². The summed E-state index contributed by atoms with van der Waals surface area (Å²) in [6.45, 7) is 5.24. The molecular formula is C13H22Cl2N2O3. The lowest BCUT2D eigenvalue weighted by Crippen LogP contribution is -2.27. The van der Waals surface area contributed by atoms with E-state index >= 15 is 0 Å². The SMILES string of the molecule is CC.CO.O=[N+]([O-])c1cccc(N(CCCl)CCCl)c1. The molecule has 0 saturated carbocycles. The third-order valence-corrected chi connectivity index (χ3v) is 2.45. The van der Waals surface area contributed by atoms with Gasteiger partial charge in [-0.3, -0.25) is 10.1 Å². The number of alkyl halides is 2. The van der Waals surface area contributed by atoms with E-state index in [0.717, 1.165) is 12.8 Å². The largest absolute Gasteiger partial charge is 0.400 e. The lowest BCUT2D eigenvalue weighted by Gasteiger charge is -2.22. The van der Waals surface area contributed by atoms with Gasteiger partial charge in [-0.05, 0) is 6.07 Å². The summed E-state index contributed by atoms with van der Waals surface area (Å²) in [5.74, 6) is 0.916. The maximum atomic E-state index is 10.6. The summed E-state index contributed by atoms with van der Waals surface area (Å²) >= 11 is 11.3. The number of halogens is 2. The third kappa shape index (κ3) is 8.19. The zero-order valence-corrected chi connectivity index (χ0v) is 13.6. The van der Waals surface area contributed by atoms with Crippen molar-refractivity contribution < 1.29 is 10.0 Å². The molecule has 1 aromatic carbocycles. The molecule has 0 aliphatic carbocycles. The Morgan fingerprint density at radius 1 is 1.20 bits per heavy atom. The van der Waals surface area contributed by atoms with Crippen LogP contribution in [-0.2, 0) is 0 Å². The van der Waals surface area contributed by atoms with Crippen LogP contribution in [0.2, 0.25) is 0 Å². The lowest BCUT2D eigenvalue weighted by molar-refractivity contribution is -0.384. The Labute approximate surface area is 130 Å². The Morgan fingerprint density at radius 2 is 1.70 bits per heavy atom. The molecule has 0 fully saturated rings. The molecule has 7 heteroatoms. The lowest BCUT2D eigenvalue weighted by atomic mass is 10.2. The molecule has 0 spiro atoms. The van der Waals surface area contributed by atoms with Crippen LogP contribution in [0.5, 0.6) is 0 Å². The Hall–Kier alpha value is -1.04. The molecule has 5 nitrogen and oxygen atoms in total. The summed E-state index contributed by atoms with van der Waals surface area (Å²) in [7, 11) is 1.00. The molecule has 0 aliphatic rings. The van der Waals surface area contributed by atoms with Crippen LogP contribution in [-0.4, -0.2) is 42.0 Å². The zero-order valence-electron chi connectivity index (χ0n) is 12.1. The number of benzene rings is 1. The molecule has 0 aromatic heterocycles. The first-order chi connectivity index (χ1) is 9.69. The van der Waals surface area contributed by atoms with E-state index in [1.165, 1.54) is 12.1 Å². The molecule has 0 atom stereocenters. The highest BCUT2D eigenvalue weighted by Gasteiger charge is 2.10. The number of aliphatic hydroxyl groups is 1. The van der Waals surface area contributed by atoms with Crippen molar-refractivity contribution in [3.05, 3.63) is 34.4 Å². The number of non-ortho nitro benzene ring substituents is 1. The van der Waals surface area contributed by atoms with Gasteiger partial charge in [0.1, 0.15) is 0 Å². The fourth-order valence-corrected chi connectivity index (χ4v) is 1.79. The second-order valence-corrected chi connectivity index (χ2v) is 3.90. The maximum absolute atomic E-state index is 10.6. The van der Waals surface area contributed by atoms with Crippen molar-refractivity contribution >= 4 is 34.6 Å². The smallest absolute Gasteiger partial charge is 0.271 e. The molecule has 0 bridgehead atoms. The van der Waals surface area contributed by atoms with Crippen molar-refractivity contribution in [3.8, 4) is 0 Å². The maximum Gasteiger partial charge on any atom is 0.271 e. The molecule has 0 radical (unpaired) electrons. The Balaban J connectivity index is 0. The molecule has 0 amide bonds.